The molecule has 26 heavy (non-hydrogen) atoms. The van der Waals surface area contributed by atoms with E-state index in [1.54, 1.807) is 12.1 Å². The van der Waals surface area contributed by atoms with Gasteiger partial charge < -0.3 is 10.4 Å². The molecule has 0 saturated heterocycles. The number of alkyl halides is 3. The lowest BCUT2D eigenvalue weighted by Gasteiger charge is -2.09. The minimum atomic E-state index is -4.45. The molecule has 0 saturated carbocycles. The van der Waals surface area contributed by atoms with Gasteiger partial charge >= 0.3 is 12.2 Å². The number of nitrogens with zero attached hydrogens (tertiary/aromatic N) is 2. The summed E-state index contributed by atoms with van der Waals surface area (Å²) in [7, 11) is 0. The van der Waals surface area contributed by atoms with Crippen molar-refractivity contribution >= 4 is 17.5 Å². The summed E-state index contributed by atoms with van der Waals surface area (Å²) in [5.41, 5.74) is 0.110. The van der Waals surface area contributed by atoms with Crippen molar-refractivity contribution in [3.63, 3.8) is 0 Å². The van der Waals surface area contributed by atoms with E-state index in [4.69, 9.17) is 0 Å². The zero-order valence-corrected chi connectivity index (χ0v) is 12.9. The van der Waals surface area contributed by atoms with Gasteiger partial charge in [-0.3, -0.25) is 5.32 Å². The zero-order chi connectivity index (χ0) is 18.7. The van der Waals surface area contributed by atoms with Gasteiger partial charge in [0.15, 0.2) is 5.69 Å². The molecule has 0 bridgehead atoms. The number of aromatic nitrogens is 2. The molecular weight excluding hydrogens is 353 g/mol. The fourth-order valence-electron chi connectivity index (χ4n) is 2.09. The number of hydrogen-bond acceptors (Lipinski definition) is 5. The SMILES string of the molecule is O=C(Nc1ccc(C(F)(F)F)cc1)Nc1nonc1-c1ccc(O)cc1. The van der Waals surface area contributed by atoms with Crippen molar-refractivity contribution < 1.29 is 27.7 Å². The summed E-state index contributed by atoms with van der Waals surface area (Å²) >= 11 is 0. The molecule has 2 aromatic carbocycles. The minimum absolute atomic E-state index is 0.0140. The summed E-state index contributed by atoms with van der Waals surface area (Å²) < 4.78 is 42.2. The molecular formula is C16H11F3N4O3. The molecule has 0 unspecified atom stereocenters. The van der Waals surface area contributed by atoms with Crippen LogP contribution in [0.25, 0.3) is 11.3 Å². The van der Waals surface area contributed by atoms with Crippen molar-refractivity contribution in [2.24, 2.45) is 0 Å². The number of phenolic OH excluding ortho intramolecular Hbond substituents is 1. The Morgan fingerprint density at radius 1 is 0.962 bits per heavy atom. The Morgan fingerprint density at radius 3 is 2.23 bits per heavy atom. The first kappa shape index (κ1) is 17.3. The van der Waals surface area contributed by atoms with Gasteiger partial charge in [0.1, 0.15) is 5.75 Å². The third-order valence-corrected chi connectivity index (χ3v) is 3.33. The topological polar surface area (TPSA) is 100 Å². The molecule has 0 spiro atoms. The van der Waals surface area contributed by atoms with Gasteiger partial charge in [-0.2, -0.15) is 13.2 Å². The van der Waals surface area contributed by atoms with E-state index in [2.05, 4.69) is 25.6 Å². The van der Waals surface area contributed by atoms with Gasteiger partial charge in [-0.15, -0.1) is 0 Å². The number of anilines is 2. The quantitative estimate of drug-likeness (QED) is 0.649. The Bertz CT molecular complexity index is 906. The fourth-order valence-corrected chi connectivity index (χ4v) is 2.09. The highest BCUT2D eigenvalue weighted by Gasteiger charge is 2.30. The van der Waals surface area contributed by atoms with Crippen LogP contribution in [0.2, 0.25) is 0 Å². The van der Waals surface area contributed by atoms with Crippen molar-refractivity contribution in [1.29, 1.82) is 0 Å². The predicted molar refractivity (Wildman–Crippen MR) is 85.5 cm³/mol. The van der Waals surface area contributed by atoms with Gasteiger partial charge in [0.05, 0.1) is 5.56 Å². The molecule has 0 fully saturated rings. The second-order valence-corrected chi connectivity index (χ2v) is 5.16. The third kappa shape index (κ3) is 3.91. The number of halogens is 3. The number of aromatic hydroxyl groups is 1. The third-order valence-electron chi connectivity index (χ3n) is 3.33. The Morgan fingerprint density at radius 2 is 1.62 bits per heavy atom. The van der Waals surface area contributed by atoms with Crippen LogP contribution >= 0.6 is 0 Å². The van der Waals surface area contributed by atoms with Gasteiger partial charge in [-0.25, -0.2) is 9.42 Å². The van der Waals surface area contributed by atoms with Gasteiger partial charge in [-0.1, -0.05) is 0 Å². The second-order valence-electron chi connectivity index (χ2n) is 5.16. The van der Waals surface area contributed by atoms with Gasteiger partial charge in [-0.05, 0) is 58.8 Å². The van der Waals surface area contributed by atoms with Crippen LogP contribution in [-0.4, -0.2) is 21.5 Å². The Hall–Kier alpha value is -3.56. The van der Waals surface area contributed by atoms with E-state index in [9.17, 15) is 23.1 Å². The van der Waals surface area contributed by atoms with Gasteiger partial charge in [0, 0.05) is 11.3 Å². The molecule has 3 N–H and O–H groups in total. The van der Waals surface area contributed by atoms with E-state index in [1.807, 2.05) is 0 Å². The van der Waals surface area contributed by atoms with Crippen LogP contribution in [0.4, 0.5) is 29.5 Å². The zero-order valence-electron chi connectivity index (χ0n) is 12.9. The van der Waals surface area contributed by atoms with Crippen LogP contribution in [0, 0.1) is 0 Å². The first-order chi connectivity index (χ1) is 12.3. The Labute approximate surface area is 144 Å². The Kier molecular flexibility index (Phi) is 4.48. The number of nitrogens with one attached hydrogen (secondary N) is 2. The molecule has 10 heteroatoms. The number of hydrogen-bond donors (Lipinski definition) is 3. The summed E-state index contributed by atoms with van der Waals surface area (Å²) in [6.07, 6.45) is -4.45. The number of carbonyl (C=O) groups excluding carboxylic acids is 1. The molecule has 3 rings (SSSR count). The summed E-state index contributed by atoms with van der Waals surface area (Å²) in [5, 5.41) is 21.3. The maximum absolute atomic E-state index is 12.5. The average molecular weight is 364 g/mol. The number of rotatable bonds is 3. The largest absolute Gasteiger partial charge is 0.508 e. The molecule has 0 atom stereocenters. The van der Waals surface area contributed by atoms with Crippen LogP contribution < -0.4 is 10.6 Å². The lowest BCUT2D eigenvalue weighted by atomic mass is 10.1. The van der Waals surface area contributed by atoms with Crippen molar-refractivity contribution in [3.05, 3.63) is 54.1 Å². The van der Waals surface area contributed by atoms with Crippen LogP contribution in [-0.2, 0) is 6.18 Å². The van der Waals surface area contributed by atoms with E-state index in [0.717, 1.165) is 24.3 Å². The van der Waals surface area contributed by atoms with E-state index < -0.39 is 17.8 Å². The van der Waals surface area contributed by atoms with E-state index in [0.29, 0.717) is 5.56 Å². The first-order valence-electron chi connectivity index (χ1n) is 7.20. The highest BCUT2D eigenvalue weighted by atomic mass is 19.4. The lowest BCUT2D eigenvalue weighted by molar-refractivity contribution is -0.137. The number of urea groups is 1. The predicted octanol–water partition coefficient (Wildman–Crippen LogP) is 4.11. The normalized spacial score (nSPS) is 11.2. The maximum atomic E-state index is 12.5. The highest BCUT2D eigenvalue weighted by molar-refractivity contribution is 6.00. The summed E-state index contributed by atoms with van der Waals surface area (Å²) in [6.45, 7) is 0. The molecule has 7 nitrogen and oxygen atoms in total. The van der Waals surface area contributed by atoms with E-state index >= 15 is 0 Å². The molecule has 3 aromatic rings. The molecule has 0 aliphatic carbocycles. The van der Waals surface area contributed by atoms with Gasteiger partial charge in [0.2, 0.25) is 5.82 Å². The van der Waals surface area contributed by atoms with E-state index in [1.165, 1.54) is 12.1 Å². The molecule has 0 aliphatic heterocycles. The first-order valence-corrected chi connectivity index (χ1v) is 7.20. The van der Waals surface area contributed by atoms with E-state index in [-0.39, 0.29) is 22.9 Å². The minimum Gasteiger partial charge on any atom is -0.508 e. The van der Waals surface area contributed by atoms with Gasteiger partial charge in [0.25, 0.3) is 0 Å². The molecule has 134 valence electrons. The smallest absolute Gasteiger partial charge is 0.416 e. The fraction of sp³-hybridized carbons (Fsp3) is 0.0625. The number of benzene rings is 2. The molecule has 0 aliphatic rings. The Balaban J connectivity index is 1.69. The summed E-state index contributed by atoms with van der Waals surface area (Å²) in [4.78, 5) is 12.0. The van der Waals surface area contributed by atoms with Crippen molar-refractivity contribution in [3.8, 4) is 17.0 Å². The second kappa shape index (κ2) is 6.75. The van der Waals surface area contributed by atoms with Crippen molar-refractivity contribution in [2.45, 2.75) is 6.18 Å². The summed E-state index contributed by atoms with van der Waals surface area (Å²) in [5.74, 6) is 0.0693. The monoisotopic (exact) mass is 364 g/mol. The summed E-state index contributed by atoms with van der Waals surface area (Å²) in [6, 6.07) is 9.19. The van der Waals surface area contributed by atoms with Crippen LogP contribution in [0.5, 0.6) is 5.75 Å². The maximum Gasteiger partial charge on any atom is 0.416 e. The number of carbonyl (C=O) groups is 1. The molecule has 1 heterocycles. The van der Waals surface area contributed by atoms with Crippen LogP contribution in [0.3, 0.4) is 0 Å². The van der Waals surface area contributed by atoms with Crippen molar-refractivity contribution in [2.75, 3.05) is 10.6 Å². The standard InChI is InChI=1S/C16H11F3N4O3/c17-16(18,19)10-3-5-11(6-4-10)20-15(25)21-14-13(22-26-23-14)9-1-7-12(24)8-2-9/h1-8,24H,(H2,20,21,23,25). The molecule has 1 aromatic heterocycles. The molecule has 2 amide bonds. The average Bonchev–Trinajstić information content (AvgIpc) is 3.03. The van der Waals surface area contributed by atoms with Crippen LogP contribution in [0.1, 0.15) is 5.56 Å². The van der Waals surface area contributed by atoms with Crippen LogP contribution in [0.15, 0.2) is 53.2 Å². The number of amides is 2. The highest BCUT2D eigenvalue weighted by Crippen LogP contribution is 2.30. The van der Waals surface area contributed by atoms with Crippen molar-refractivity contribution in [1.82, 2.24) is 10.3 Å². The lowest BCUT2D eigenvalue weighted by Crippen LogP contribution is -2.20. The molecule has 0 radical (unpaired) electrons. The number of phenols is 1.